The fourth-order valence-corrected chi connectivity index (χ4v) is 6.52. The molecule has 1 fully saturated rings. The first-order valence-electron chi connectivity index (χ1n) is 14.0. The Balaban J connectivity index is 1.24. The Morgan fingerprint density at radius 1 is 0.929 bits per heavy atom. The van der Waals surface area contributed by atoms with Crippen LogP contribution < -0.4 is 9.62 Å². The highest BCUT2D eigenvalue weighted by atomic mass is 35.5. The first-order valence-corrected chi connectivity index (χ1v) is 15.8. The highest BCUT2D eigenvalue weighted by Crippen LogP contribution is 2.25. The molecule has 4 aromatic rings. The number of rotatable bonds is 12. The second kappa shape index (κ2) is 13.2. The molecule has 0 aliphatic carbocycles. The van der Waals surface area contributed by atoms with Crippen LogP contribution in [0.4, 0.5) is 10.1 Å². The van der Waals surface area contributed by atoms with Gasteiger partial charge in [-0.1, -0.05) is 17.7 Å². The maximum atomic E-state index is 13.3. The van der Waals surface area contributed by atoms with Crippen molar-refractivity contribution < 1.29 is 22.7 Å². The third kappa shape index (κ3) is 7.49. The lowest BCUT2D eigenvalue weighted by molar-refractivity contribution is -0.137. The van der Waals surface area contributed by atoms with Gasteiger partial charge in [-0.15, -0.1) is 0 Å². The van der Waals surface area contributed by atoms with Crippen molar-refractivity contribution >= 4 is 44.2 Å². The van der Waals surface area contributed by atoms with E-state index in [0.29, 0.717) is 18.0 Å². The summed E-state index contributed by atoms with van der Waals surface area (Å²) in [7, 11) is -3.65. The van der Waals surface area contributed by atoms with E-state index in [9.17, 15) is 22.7 Å². The van der Waals surface area contributed by atoms with Crippen LogP contribution in [0.3, 0.4) is 0 Å². The molecule has 1 aliphatic rings. The normalized spacial score (nSPS) is 14.5. The molecule has 0 amide bonds. The highest BCUT2D eigenvalue weighted by Gasteiger charge is 2.19. The summed E-state index contributed by atoms with van der Waals surface area (Å²) in [5.41, 5.74) is 4.13. The number of nitrogens with zero attached hydrogens (tertiary/aromatic N) is 3. The van der Waals surface area contributed by atoms with Crippen LogP contribution in [0.15, 0.2) is 77.8 Å². The topological polar surface area (TPSA) is 94.9 Å². The van der Waals surface area contributed by atoms with Crippen LogP contribution in [0.2, 0.25) is 5.02 Å². The van der Waals surface area contributed by atoms with Crippen molar-refractivity contribution in [3.05, 3.63) is 94.9 Å². The van der Waals surface area contributed by atoms with Crippen LogP contribution >= 0.6 is 11.6 Å². The third-order valence-electron chi connectivity index (χ3n) is 7.69. The van der Waals surface area contributed by atoms with Crippen molar-refractivity contribution in [2.24, 2.45) is 0 Å². The summed E-state index contributed by atoms with van der Waals surface area (Å²) in [6, 6.07) is 18.7. The van der Waals surface area contributed by atoms with Gasteiger partial charge in [0.2, 0.25) is 10.0 Å². The minimum atomic E-state index is -3.65. The number of fused-ring (bicyclic) bond motifs is 1. The average Bonchev–Trinajstić information content (AvgIpc) is 3.32. The van der Waals surface area contributed by atoms with Crippen LogP contribution in [-0.4, -0.2) is 68.2 Å². The van der Waals surface area contributed by atoms with Gasteiger partial charge in [-0.2, -0.15) is 0 Å². The smallest absolute Gasteiger partial charge is 0.305 e. The lowest BCUT2D eigenvalue weighted by Gasteiger charge is -2.36. The molecule has 11 heteroatoms. The molecule has 1 saturated heterocycles. The van der Waals surface area contributed by atoms with E-state index in [1.165, 1.54) is 24.3 Å². The number of nitrogens with one attached hydrogen (secondary N) is 1. The number of aryl methyl sites for hydroxylation is 1. The second-order valence-corrected chi connectivity index (χ2v) is 12.7. The van der Waals surface area contributed by atoms with E-state index in [0.717, 1.165) is 66.9 Å². The third-order valence-corrected chi connectivity index (χ3v) is 9.41. The number of piperazine rings is 1. The molecule has 0 saturated carbocycles. The Morgan fingerprint density at radius 2 is 1.64 bits per heavy atom. The lowest BCUT2D eigenvalue weighted by atomic mass is 10.1. The van der Waals surface area contributed by atoms with Gasteiger partial charge in [-0.25, -0.2) is 17.5 Å². The summed E-state index contributed by atoms with van der Waals surface area (Å²) in [6.45, 7) is 5.00. The summed E-state index contributed by atoms with van der Waals surface area (Å²) in [5, 5.41) is 10.8. The molecule has 8 nitrogen and oxygen atoms in total. The van der Waals surface area contributed by atoms with Gasteiger partial charge in [0.15, 0.2) is 0 Å². The predicted molar refractivity (Wildman–Crippen MR) is 163 cm³/mol. The average molecular weight is 613 g/mol. The molecule has 0 radical (unpaired) electrons. The number of sulfonamides is 1. The zero-order chi connectivity index (χ0) is 29.7. The maximum Gasteiger partial charge on any atom is 0.305 e. The molecule has 1 aromatic heterocycles. The van der Waals surface area contributed by atoms with Crippen LogP contribution in [0.1, 0.15) is 17.5 Å². The molecule has 0 unspecified atom stereocenters. The Morgan fingerprint density at radius 3 is 2.33 bits per heavy atom. The standard InChI is InChI=1S/C31H34ClFN4O4S/c32-25-2-8-28(9-3-25)42(40,41)34-14-11-23-1-10-30-29(21-23)24(22-37(30)16-13-31(38)39)12-15-35-17-19-36(20-18-35)27-6-4-26(33)5-7-27/h1-10,21-22,34H,11-20H2,(H,38,39). The molecule has 0 bridgehead atoms. The monoisotopic (exact) mass is 612 g/mol. The minimum Gasteiger partial charge on any atom is -0.481 e. The molecule has 5 rings (SSSR count). The van der Waals surface area contributed by atoms with Crippen LogP contribution in [0.5, 0.6) is 0 Å². The second-order valence-electron chi connectivity index (χ2n) is 10.5. The number of aliphatic carboxylic acids is 1. The van der Waals surface area contributed by atoms with E-state index in [4.69, 9.17) is 11.6 Å². The van der Waals surface area contributed by atoms with Crippen molar-refractivity contribution in [1.82, 2.24) is 14.2 Å². The van der Waals surface area contributed by atoms with Crippen molar-refractivity contribution in [3.8, 4) is 0 Å². The van der Waals surface area contributed by atoms with Crippen LogP contribution in [0.25, 0.3) is 10.9 Å². The number of carbonyl (C=O) groups is 1. The number of halogens is 2. The SMILES string of the molecule is O=C(O)CCn1cc(CCN2CCN(c3ccc(F)cc3)CC2)c2cc(CCNS(=O)(=O)c3ccc(Cl)cc3)ccc21. The Labute approximate surface area is 250 Å². The van der Waals surface area contributed by atoms with Crippen molar-refractivity contribution in [3.63, 3.8) is 0 Å². The molecular weight excluding hydrogens is 579 g/mol. The zero-order valence-electron chi connectivity index (χ0n) is 23.2. The predicted octanol–water partition coefficient (Wildman–Crippen LogP) is 4.79. The van der Waals surface area contributed by atoms with Gasteiger partial charge < -0.3 is 14.6 Å². The number of anilines is 1. The highest BCUT2D eigenvalue weighted by molar-refractivity contribution is 7.89. The van der Waals surface area contributed by atoms with Gasteiger partial charge in [0, 0.05) is 73.6 Å². The van der Waals surface area contributed by atoms with Gasteiger partial charge in [-0.3, -0.25) is 9.69 Å². The molecule has 0 atom stereocenters. The molecular formula is C31H34ClFN4O4S. The number of carboxylic acid groups (broad SMARTS) is 1. The van der Waals surface area contributed by atoms with E-state index in [1.807, 2.05) is 28.8 Å². The maximum absolute atomic E-state index is 13.3. The first kappa shape index (κ1) is 30.0. The molecule has 222 valence electrons. The summed E-state index contributed by atoms with van der Waals surface area (Å²) < 4.78 is 43.3. The quantitative estimate of drug-likeness (QED) is 0.239. The molecule has 3 aromatic carbocycles. The van der Waals surface area contributed by atoms with Gasteiger partial charge in [0.05, 0.1) is 11.3 Å². The Bertz CT molecular complexity index is 1630. The number of hydrogen-bond donors (Lipinski definition) is 2. The van der Waals surface area contributed by atoms with Crippen LogP contribution in [0, 0.1) is 5.82 Å². The lowest BCUT2D eigenvalue weighted by Crippen LogP contribution is -2.47. The Kier molecular flexibility index (Phi) is 9.47. The van der Waals surface area contributed by atoms with Crippen LogP contribution in [-0.2, 0) is 34.2 Å². The number of aromatic nitrogens is 1. The van der Waals surface area contributed by atoms with Gasteiger partial charge in [0.25, 0.3) is 0 Å². The summed E-state index contributed by atoms with van der Waals surface area (Å²) in [5.74, 6) is -1.08. The zero-order valence-corrected chi connectivity index (χ0v) is 24.7. The fourth-order valence-electron chi connectivity index (χ4n) is 5.36. The van der Waals surface area contributed by atoms with E-state index in [1.54, 1.807) is 12.1 Å². The van der Waals surface area contributed by atoms with E-state index < -0.39 is 16.0 Å². The summed E-state index contributed by atoms with van der Waals surface area (Å²) in [4.78, 5) is 16.1. The van der Waals surface area contributed by atoms with Crippen molar-refractivity contribution in [1.29, 1.82) is 0 Å². The number of benzene rings is 3. The van der Waals surface area contributed by atoms with Crippen molar-refractivity contribution in [2.45, 2.75) is 30.7 Å². The molecule has 42 heavy (non-hydrogen) atoms. The summed E-state index contributed by atoms with van der Waals surface area (Å²) in [6.07, 6.45) is 3.39. The summed E-state index contributed by atoms with van der Waals surface area (Å²) >= 11 is 5.88. The van der Waals surface area contributed by atoms with Gasteiger partial charge in [0.1, 0.15) is 5.82 Å². The van der Waals surface area contributed by atoms with Gasteiger partial charge in [-0.05, 0) is 84.6 Å². The van der Waals surface area contributed by atoms with E-state index in [-0.39, 0.29) is 23.7 Å². The molecule has 2 N–H and O–H groups in total. The molecule has 0 spiro atoms. The van der Waals surface area contributed by atoms with E-state index in [2.05, 4.69) is 26.8 Å². The van der Waals surface area contributed by atoms with Gasteiger partial charge >= 0.3 is 5.97 Å². The fraction of sp³-hybridized carbons (Fsp3) is 0.323. The molecule has 2 heterocycles. The largest absolute Gasteiger partial charge is 0.481 e. The minimum absolute atomic E-state index is 0.0305. The Hall–Kier alpha value is -3.44. The number of hydrogen-bond acceptors (Lipinski definition) is 5. The molecule has 1 aliphatic heterocycles. The number of carboxylic acids is 1. The van der Waals surface area contributed by atoms with E-state index >= 15 is 0 Å². The van der Waals surface area contributed by atoms with Crippen molar-refractivity contribution in [2.75, 3.05) is 44.2 Å². The first-order chi connectivity index (χ1) is 20.2.